The van der Waals surface area contributed by atoms with Crippen molar-refractivity contribution in [2.75, 3.05) is 14.2 Å². The average Bonchev–Trinajstić information content (AvgIpc) is 3.35. The molecular weight excluding hydrogens is 545 g/mol. The van der Waals surface area contributed by atoms with Gasteiger partial charge < -0.3 is 15.0 Å². The summed E-state index contributed by atoms with van der Waals surface area (Å²) in [6.07, 6.45) is 3.62. The molecule has 1 aliphatic rings. The molecule has 0 atom stereocenters. The molecule has 0 unspecified atom stereocenters. The van der Waals surface area contributed by atoms with E-state index in [1.54, 1.807) is 25.3 Å². The van der Waals surface area contributed by atoms with Crippen LogP contribution in [0.15, 0.2) is 54.6 Å². The fourth-order valence-corrected chi connectivity index (χ4v) is 7.23. The van der Waals surface area contributed by atoms with Crippen molar-refractivity contribution < 1.29 is 13.9 Å². The van der Waals surface area contributed by atoms with E-state index < -0.39 is 0 Å². The van der Waals surface area contributed by atoms with Crippen LogP contribution in [0.2, 0.25) is 5.02 Å². The van der Waals surface area contributed by atoms with Crippen LogP contribution in [0.1, 0.15) is 52.0 Å². The van der Waals surface area contributed by atoms with E-state index >= 15 is 0 Å². The van der Waals surface area contributed by atoms with Crippen LogP contribution >= 0.6 is 22.9 Å². The van der Waals surface area contributed by atoms with E-state index in [4.69, 9.17) is 16.3 Å². The van der Waals surface area contributed by atoms with Crippen LogP contribution in [0, 0.1) is 24.1 Å². The standard InChI is InChI=1S/C32H31ClFN3O2S/c1-19-4-14-26(34)30-28(19)29(33)31(40-30)32(38)37(25-12-10-24(36-2)11-13-25)18-23-16-22(9-15-27(23)39-3)21-7-5-20(17-35)6-8-21/h4-9,14-16,24-25,36H,10-13,18H2,1-3H3/t24-,25-. The summed E-state index contributed by atoms with van der Waals surface area (Å²) in [5, 5.41) is 13.5. The monoisotopic (exact) mass is 575 g/mol. The minimum absolute atomic E-state index is 0.00703. The van der Waals surface area contributed by atoms with Crippen LogP contribution in [0.5, 0.6) is 5.75 Å². The van der Waals surface area contributed by atoms with Crippen molar-refractivity contribution in [2.45, 2.75) is 51.2 Å². The zero-order valence-electron chi connectivity index (χ0n) is 22.8. The average molecular weight is 576 g/mol. The molecule has 5 nitrogen and oxygen atoms in total. The Hall–Kier alpha value is -3.44. The number of ether oxygens (including phenoxy) is 1. The van der Waals surface area contributed by atoms with Crippen LogP contribution in [0.4, 0.5) is 4.39 Å². The number of methoxy groups -OCH3 is 1. The third-order valence-corrected chi connectivity index (χ3v) is 9.59. The number of carbonyl (C=O) groups excluding carboxylic acids is 1. The van der Waals surface area contributed by atoms with Gasteiger partial charge in [0.15, 0.2) is 0 Å². The second-order valence-corrected chi connectivity index (χ2v) is 11.7. The normalized spacial score (nSPS) is 17.0. The van der Waals surface area contributed by atoms with Gasteiger partial charge in [-0.15, -0.1) is 11.3 Å². The number of hydrogen-bond acceptors (Lipinski definition) is 5. The molecular formula is C32H31ClFN3O2S. The Morgan fingerprint density at radius 1 is 1.12 bits per heavy atom. The molecule has 5 rings (SSSR count). The number of amides is 1. The fourth-order valence-electron chi connectivity index (χ4n) is 5.60. The zero-order chi connectivity index (χ0) is 28.4. The lowest BCUT2D eigenvalue weighted by atomic mass is 9.89. The van der Waals surface area contributed by atoms with Gasteiger partial charge in [0.25, 0.3) is 5.91 Å². The van der Waals surface area contributed by atoms with Gasteiger partial charge in [-0.25, -0.2) is 4.39 Å². The highest BCUT2D eigenvalue weighted by molar-refractivity contribution is 7.21. The number of fused-ring (bicyclic) bond motifs is 1. The lowest BCUT2D eigenvalue weighted by Gasteiger charge is -2.37. The molecule has 8 heteroatoms. The Morgan fingerprint density at radius 2 is 1.82 bits per heavy atom. The molecule has 3 aromatic carbocycles. The minimum Gasteiger partial charge on any atom is -0.496 e. The number of thiophene rings is 1. The highest BCUT2D eigenvalue weighted by Gasteiger charge is 2.32. The van der Waals surface area contributed by atoms with E-state index in [0.717, 1.165) is 59.3 Å². The largest absolute Gasteiger partial charge is 0.496 e. The second-order valence-electron chi connectivity index (χ2n) is 10.3. The molecule has 1 fully saturated rings. The van der Waals surface area contributed by atoms with Gasteiger partial charge in [0.1, 0.15) is 16.4 Å². The number of nitrogens with zero attached hydrogens (tertiary/aromatic N) is 2. The molecule has 40 heavy (non-hydrogen) atoms. The maximum absolute atomic E-state index is 14.7. The Labute approximate surface area is 243 Å². The topological polar surface area (TPSA) is 65.4 Å². The van der Waals surface area contributed by atoms with Crippen molar-refractivity contribution in [3.63, 3.8) is 0 Å². The summed E-state index contributed by atoms with van der Waals surface area (Å²) < 4.78 is 20.9. The summed E-state index contributed by atoms with van der Waals surface area (Å²) in [6, 6.07) is 19.0. The van der Waals surface area contributed by atoms with Crippen LogP contribution < -0.4 is 10.1 Å². The summed E-state index contributed by atoms with van der Waals surface area (Å²) >= 11 is 7.91. The van der Waals surface area contributed by atoms with E-state index in [0.29, 0.717) is 43.9 Å². The number of hydrogen-bond donors (Lipinski definition) is 1. The van der Waals surface area contributed by atoms with Crippen molar-refractivity contribution in [3.05, 3.63) is 87.0 Å². The number of halogens is 2. The van der Waals surface area contributed by atoms with Crippen molar-refractivity contribution in [1.82, 2.24) is 10.2 Å². The molecule has 1 heterocycles. The summed E-state index contributed by atoms with van der Waals surface area (Å²) in [5.74, 6) is 0.122. The van der Waals surface area contributed by atoms with Gasteiger partial charge in [-0.05, 0) is 86.7 Å². The van der Waals surface area contributed by atoms with Crippen molar-refractivity contribution >= 4 is 38.9 Å². The maximum Gasteiger partial charge on any atom is 0.266 e. The summed E-state index contributed by atoms with van der Waals surface area (Å²) in [7, 11) is 3.60. The number of rotatable bonds is 7. The number of benzene rings is 3. The van der Waals surface area contributed by atoms with Crippen LogP contribution in [0.3, 0.4) is 0 Å². The zero-order valence-corrected chi connectivity index (χ0v) is 24.3. The summed E-state index contributed by atoms with van der Waals surface area (Å²) in [5.41, 5.74) is 4.24. The van der Waals surface area contributed by atoms with Crippen LogP contribution in [0.25, 0.3) is 21.2 Å². The van der Waals surface area contributed by atoms with Gasteiger partial charge in [0.05, 0.1) is 28.5 Å². The Balaban J connectivity index is 1.55. The molecule has 206 valence electrons. The number of aryl methyl sites for hydroxylation is 1. The lowest BCUT2D eigenvalue weighted by Crippen LogP contribution is -2.44. The van der Waals surface area contributed by atoms with E-state index in [1.165, 1.54) is 6.07 Å². The number of nitrogens with one attached hydrogen (secondary N) is 1. The SMILES string of the molecule is CN[C@H]1CC[C@H](N(Cc2cc(-c3ccc(C#N)cc3)ccc2OC)C(=O)c2sc3c(F)ccc(C)c3c2Cl)CC1. The second kappa shape index (κ2) is 12.0. The first kappa shape index (κ1) is 28.1. The molecule has 0 aliphatic heterocycles. The molecule has 0 bridgehead atoms. The maximum atomic E-state index is 14.7. The first-order valence-electron chi connectivity index (χ1n) is 13.4. The predicted octanol–water partition coefficient (Wildman–Crippen LogP) is 7.72. The molecule has 0 spiro atoms. The predicted molar refractivity (Wildman–Crippen MR) is 160 cm³/mol. The highest BCUT2D eigenvalue weighted by atomic mass is 35.5. The summed E-state index contributed by atoms with van der Waals surface area (Å²) in [6.45, 7) is 2.21. The molecule has 0 saturated heterocycles. The highest BCUT2D eigenvalue weighted by Crippen LogP contribution is 2.41. The molecule has 1 saturated carbocycles. The Morgan fingerprint density at radius 3 is 2.45 bits per heavy atom. The smallest absolute Gasteiger partial charge is 0.266 e. The number of carbonyl (C=O) groups is 1. The third kappa shape index (κ3) is 5.44. The quantitative estimate of drug-likeness (QED) is 0.245. The lowest BCUT2D eigenvalue weighted by molar-refractivity contribution is 0.0604. The van der Waals surface area contributed by atoms with Gasteiger partial charge in [0, 0.05) is 29.6 Å². The molecule has 1 amide bonds. The van der Waals surface area contributed by atoms with Gasteiger partial charge >= 0.3 is 0 Å². The first-order chi connectivity index (χ1) is 19.3. The van der Waals surface area contributed by atoms with Gasteiger partial charge in [-0.1, -0.05) is 35.9 Å². The van der Waals surface area contributed by atoms with Crippen molar-refractivity contribution in [1.29, 1.82) is 5.26 Å². The van der Waals surface area contributed by atoms with Crippen LogP contribution in [-0.4, -0.2) is 37.0 Å². The van der Waals surface area contributed by atoms with E-state index in [-0.39, 0.29) is 17.8 Å². The van der Waals surface area contributed by atoms with E-state index in [1.807, 2.05) is 49.2 Å². The molecule has 0 radical (unpaired) electrons. The van der Waals surface area contributed by atoms with Crippen molar-refractivity contribution in [3.8, 4) is 22.9 Å². The molecule has 1 aliphatic carbocycles. The van der Waals surface area contributed by atoms with Gasteiger partial charge in [-0.2, -0.15) is 5.26 Å². The van der Waals surface area contributed by atoms with Crippen LogP contribution in [-0.2, 0) is 6.54 Å². The first-order valence-corrected chi connectivity index (χ1v) is 14.6. The Bertz CT molecular complexity index is 1590. The fraction of sp³-hybridized carbons (Fsp3) is 0.312. The molecule has 1 aromatic heterocycles. The molecule has 4 aromatic rings. The van der Waals surface area contributed by atoms with Gasteiger partial charge in [-0.3, -0.25) is 4.79 Å². The van der Waals surface area contributed by atoms with E-state index in [9.17, 15) is 14.4 Å². The van der Waals surface area contributed by atoms with Crippen molar-refractivity contribution in [2.24, 2.45) is 0 Å². The van der Waals surface area contributed by atoms with Gasteiger partial charge in [0.2, 0.25) is 0 Å². The number of nitriles is 1. The molecule has 1 N–H and O–H groups in total. The minimum atomic E-state index is -0.371. The summed E-state index contributed by atoms with van der Waals surface area (Å²) in [4.78, 5) is 16.5. The van der Waals surface area contributed by atoms with E-state index in [2.05, 4.69) is 11.4 Å². The third-order valence-electron chi connectivity index (χ3n) is 7.91. The Kier molecular flexibility index (Phi) is 8.41.